The molecule has 0 bridgehead atoms. The zero-order valence-electron chi connectivity index (χ0n) is 9.14. The molecule has 0 fully saturated rings. The Bertz CT molecular complexity index is 549. The minimum atomic E-state index is -0.271. The van der Waals surface area contributed by atoms with Gasteiger partial charge in [0.15, 0.2) is 5.78 Å². The zero-order chi connectivity index (χ0) is 12.3. The standard InChI is InChI=1S/C12H10N2O2S/c1-8(15)9-3-2-4-10(5-9)14-12(16)11-6-17-7-13-11/h2-7H,1H3,(H,14,16). The number of Topliss-reactive ketones (excluding diaryl/α,β-unsaturated/α-hetero) is 1. The van der Waals surface area contributed by atoms with Crippen LogP contribution >= 0.6 is 11.3 Å². The van der Waals surface area contributed by atoms with E-state index in [0.29, 0.717) is 16.9 Å². The summed E-state index contributed by atoms with van der Waals surface area (Å²) in [6, 6.07) is 6.82. The van der Waals surface area contributed by atoms with Crippen molar-refractivity contribution in [2.45, 2.75) is 6.92 Å². The van der Waals surface area contributed by atoms with Gasteiger partial charge in [0.25, 0.3) is 5.91 Å². The number of hydrogen-bond acceptors (Lipinski definition) is 4. The van der Waals surface area contributed by atoms with Crippen molar-refractivity contribution in [2.75, 3.05) is 5.32 Å². The Morgan fingerprint density at radius 2 is 2.18 bits per heavy atom. The molecule has 86 valence electrons. The van der Waals surface area contributed by atoms with Crippen LogP contribution in [0.15, 0.2) is 35.2 Å². The summed E-state index contributed by atoms with van der Waals surface area (Å²) in [6.07, 6.45) is 0. The molecular formula is C12H10N2O2S. The van der Waals surface area contributed by atoms with Crippen molar-refractivity contribution in [1.29, 1.82) is 0 Å². The number of rotatable bonds is 3. The SMILES string of the molecule is CC(=O)c1cccc(NC(=O)c2cscn2)c1. The first-order valence-electron chi connectivity index (χ1n) is 4.97. The van der Waals surface area contributed by atoms with E-state index in [2.05, 4.69) is 10.3 Å². The largest absolute Gasteiger partial charge is 0.321 e. The second-order valence-electron chi connectivity index (χ2n) is 3.46. The fraction of sp³-hybridized carbons (Fsp3) is 0.0833. The molecule has 17 heavy (non-hydrogen) atoms. The average molecular weight is 246 g/mol. The molecule has 0 saturated carbocycles. The molecule has 1 heterocycles. The van der Waals surface area contributed by atoms with Crippen LogP contribution in [0.5, 0.6) is 0 Å². The smallest absolute Gasteiger partial charge is 0.275 e. The number of thiazole rings is 1. The van der Waals surface area contributed by atoms with Gasteiger partial charge in [-0.25, -0.2) is 4.98 Å². The first kappa shape index (κ1) is 11.5. The first-order valence-corrected chi connectivity index (χ1v) is 5.91. The molecular weight excluding hydrogens is 236 g/mol. The Balaban J connectivity index is 2.16. The number of benzene rings is 1. The highest BCUT2D eigenvalue weighted by molar-refractivity contribution is 7.07. The van der Waals surface area contributed by atoms with Crippen LogP contribution < -0.4 is 5.32 Å². The van der Waals surface area contributed by atoms with Crippen molar-refractivity contribution >= 4 is 28.7 Å². The van der Waals surface area contributed by atoms with E-state index in [9.17, 15) is 9.59 Å². The number of carbonyl (C=O) groups excluding carboxylic acids is 2. The zero-order valence-corrected chi connectivity index (χ0v) is 9.95. The molecule has 0 radical (unpaired) electrons. The van der Waals surface area contributed by atoms with E-state index in [1.54, 1.807) is 35.2 Å². The first-order chi connectivity index (χ1) is 8.16. The van der Waals surface area contributed by atoms with Crippen LogP contribution in [0.1, 0.15) is 27.8 Å². The van der Waals surface area contributed by atoms with Gasteiger partial charge in [0.05, 0.1) is 5.51 Å². The molecule has 5 heteroatoms. The molecule has 0 atom stereocenters. The fourth-order valence-electron chi connectivity index (χ4n) is 1.34. The lowest BCUT2D eigenvalue weighted by atomic mass is 10.1. The van der Waals surface area contributed by atoms with Crippen molar-refractivity contribution in [2.24, 2.45) is 0 Å². The van der Waals surface area contributed by atoms with Gasteiger partial charge in [-0.2, -0.15) is 0 Å². The summed E-state index contributed by atoms with van der Waals surface area (Å²) in [5.74, 6) is -0.304. The molecule has 1 aromatic carbocycles. The second kappa shape index (κ2) is 4.88. The number of amides is 1. The number of hydrogen-bond donors (Lipinski definition) is 1. The molecule has 1 amide bonds. The summed E-state index contributed by atoms with van der Waals surface area (Å²) in [6.45, 7) is 1.49. The van der Waals surface area contributed by atoms with Gasteiger partial charge < -0.3 is 5.32 Å². The van der Waals surface area contributed by atoms with E-state index in [1.807, 2.05) is 0 Å². The van der Waals surface area contributed by atoms with Gasteiger partial charge in [-0.3, -0.25) is 9.59 Å². The Morgan fingerprint density at radius 1 is 1.35 bits per heavy atom. The molecule has 2 aromatic rings. The molecule has 4 nitrogen and oxygen atoms in total. The predicted octanol–water partition coefficient (Wildman–Crippen LogP) is 2.60. The third kappa shape index (κ3) is 2.76. The molecule has 1 N–H and O–H groups in total. The normalized spacial score (nSPS) is 9.94. The number of nitrogens with zero attached hydrogens (tertiary/aromatic N) is 1. The second-order valence-corrected chi connectivity index (χ2v) is 4.18. The lowest BCUT2D eigenvalue weighted by Gasteiger charge is -2.04. The van der Waals surface area contributed by atoms with Gasteiger partial charge >= 0.3 is 0 Å². The maximum atomic E-state index is 11.7. The Morgan fingerprint density at radius 3 is 2.82 bits per heavy atom. The number of ketones is 1. The topological polar surface area (TPSA) is 59.1 Å². The Kier molecular flexibility index (Phi) is 3.30. The van der Waals surface area contributed by atoms with Crippen LogP contribution in [0.2, 0.25) is 0 Å². The van der Waals surface area contributed by atoms with E-state index in [4.69, 9.17) is 0 Å². The van der Waals surface area contributed by atoms with Gasteiger partial charge in [0.2, 0.25) is 0 Å². The van der Waals surface area contributed by atoms with E-state index < -0.39 is 0 Å². The monoisotopic (exact) mass is 246 g/mol. The summed E-state index contributed by atoms with van der Waals surface area (Å²) in [5, 5.41) is 4.36. The number of anilines is 1. The van der Waals surface area contributed by atoms with Crippen molar-refractivity contribution < 1.29 is 9.59 Å². The minimum absolute atomic E-state index is 0.0326. The van der Waals surface area contributed by atoms with Gasteiger partial charge in [-0.05, 0) is 19.1 Å². The van der Waals surface area contributed by atoms with Crippen molar-refractivity contribution in [3.63, 3.8) is 0 Å². The van der Waals surface area contributed by atoms with Crippen molar-refractivity contribution in [3.8, 4) is 0 Å². The summed E-state index contributed by atoms with van der Waals surface area (Å²) >= 11 is 1.36. The molecule has 0 unspecified atom stereocenters. The summed E-state index contributed by atoms with van der Waals surface area (Å²) in [5.41, 5.74) is 3.14. The van der Waals surface area contributed by atoms with Gasteiger partial charge in [-0.1, -0.05) is 12.1 Å². The van der Waals surface area contributed by atoms with Gasteiger partial charge in [-0.15, -0.1) is 11.3 Å². The Hall–Kier alpha value is -2.01. The van der Waals surface area contributed by atoms with Crippen molar-refractivity contribution in [3.05, 3.63) is 46.4 Å². The third-order valence-corrected chi connectivity index (χ3v) is 2.78. The predicted molar refractivity (Wildman–Crippen MR) is 66.5 cm³/mol. The van der Waals surface area contributed by atoms with Crippen LogP contribution in [0.4, 0.5) is 5.69 Å². The van der Waals surface area contributed by atoms with E-state index in [-0.39, 0.29) is 11.7 Å². The number of aromatic nitrogens is 1. The molecule has 2 rings (SSSR count). The van der Waals surface area contributed by atoms with E-state index in [1.165, 1.54) is 18.3 Å². The van der Waals surface area contributed by atoms with E-state index >= 15 is 0 Å². The minimum Gasteiger partial charge on any atom is -0.321 e. The molecule has 1 aromatic heterocycles. The van der Waals surface area contributed by atoms with E-state index in [0.717, 1.165) is 0 Å². The van der Waals surface area contributed by atoms with Crippen molar-refractivity contribution in [1.82, 2.24) is 4.98 Å². The lowest BCUT2D eigenvalue weighted by molar-refractivity contribution is 0.100. The van der Waals surface area contributed by atoms with Crippen LogP contribution in [-0.2, 0) is 0 Å². The highest BCUT2D eigenvalue weighted by Gasteiger charge is 2.08. The molecule has 0 aliphatic heterocycles. The van der Waals surface area contributed by atoms with Crippen LogP contribution in [-0.4, -0.2) is 16.7 Å². The summed E-state index contributed by atoms with van der Waals surface area (Å²) < 4.78 is 0. The average Bonchev–Trinajstić information content (AvgIpc) is 2.82. The van der Waals surface area contributed by atoms with Gasteiger partial charge in [0.1, 0.15) is 5.69 Å². The fourth-order valence-corrected chi connectivity index (χ4v) is 1.87. The third-order valence-electron chi connectivity index (χ3n) is 2.19. The molecule has 0 saturated heterocycles. The molecule has 0 spiro atoms. The van der Waals surface area contributed by atoms with Crippen LogP contribution in [0.3, 0.4) is 0 Å². The number of nitrogens with one attached hydrogen (secondary N) is 1. The number of carbonyl (C=O) groups is 2. The molecule has 0 aliphatic rings. The summed E-state index contributed by atoms with van der Waals surface area (Å²) in [7, 11) is 0. The maximum absolute atomic E-state index is 11.7. The Labute approximate surface area is 102 Å². The molecule has 0 aliphatic carbocycles. The summed E-state index contributed by atoms with van der Waals surface area (Å²) in [4.78, 5) is 26.8. The lowest BCUT2D eigenvalue weighted by Crippen LogP contribution is -2.12. The van der Waals surface area contributed by atoms with Gasteiger partial charge in [0, 0.05) is 16.6 Å². The van der Waals surface area contributed by atoms with Crippen LogP contribution in [0, 0.1) is 0 Å². The highest BCUT2D eigenvalue weighted by atomic mass is 32.1. The van der Waals surface area contributed by atoms with Crippen LogP contribution in [0.25, 0.3) is 0 Å². The maximum Gasteiger partial charge on any atom is 0.275 e. The highest BCUT2D eigenvalue weighted by Crippen LogP contribution is 2.12. The quantitative estimate of drug-likeness (QED) is 0.847.